The lowest BCUT2D eigenvalue weighted by Crippen LogP contribution is -2.30. The molecular formula is C12H15FO2. The zero-order chi connectivity index (χ0) is 11.6. The van der Waals surface area contributed by atoms with Gasteiger partial charge in [-0.05, 0) is 44.0 Å². The zero-order valence-electron chi connectivity index (χ0n) is 9.43. The largest absolute Gasteiger partial charge is 0.468 e. The molecular weight excluding hydrogens is 195 g/mol. The van der Waals surface area contributed by atoms with Crippen molar-refractivity contribution in [1.29, 1.82) is 0 Å². The lowest BCUT2D eigenvalue weighted by atomic mass is 9.84. The van der Waals surface area contributed by atoms with Crippen LogP contribution in [0.1, 0.15) is 25.0 Å². The molecule has 0 bridgehead atoms. The van der Waals surface area contributed by atoms with Crippen LogP contribution in [0.15, 0.2) is 18.2 Å². The van der Waals surface area contributed by atoms with E-state index in [0.29, 0.717) is 5.56 Å². The van der Waals surface area contributed by atoms with Gasteiger partial charge in [-0.1, -0.05) is 6.07 Å². The number of carbonyl (C=O) groups is 1. The van der Waals surface area contributed by atoms with Crippen LogP contribution in [0, 0.1) is 12.7 Å². The first kappa shape index (κ1) is 11.7. The van der Waals surface area contributed by atoms with Gasteiger partial charge in [0.2, 0.25) is 0 Å². The van der Waals surface area contributed by atoms with E-state index in [9.17, 15) is 9.18 Å². The van der Waals surface area contributed by atoms with E-state index in [0.717, 1.165) is 5.56 Å². The molecule has 0 radical (unpaired) electrons. The maximum atomic E-state index is 13.2. The molecule has 0 aromatic heterocycles. The van der Waals surface area contributed by atoms with Crippen LogP contribution in [0.3, 0.4) is 0 Å². The van der Waals surface area contributed by atoms with Crippen LogP contribution in [-0.2, 0) is 14.9 Å². The molecule has 0 aliphatic heterocycles. The molecule has 0 unspecified atom stereocenters. The molecule has 1 aromatic carbocycles. The SMILES string of the molecule is COC(=O)C(C)(C)c1cc(C)cc(F)c1. The fraction of sp³-hybridized carbons (Fsp3) is 0.417. The Balaban J connectivity index is 3.20. The lowest BCUT2D eigenvalue weighted by molar-refractivity contribution is -0.146. The van der Waals surface area contributed by atoms with Gasteiger partial charge in [0, 0.05) is 0 Å². The summed E-state index contributed by atoms with van der Waals surface area (Å²) in [6, 6.07) is 4.58. The lowest BCUT2D eigenvalue weighted by Gasteiger charge is -2.22. The molecule has 1 rings (SSSR count). The quantitative estimate of drug-likeness (QED) is 0.701. The number of halogens is 1. The third-order valence-electron chi connectivity index (χ3n) is 2.46. The predicted molar refractivity (Wildman–Crippen MR) is 56.2 cm³/mol. The Bertz CT molecular complexity index is 363. The first-order chi connectivity index (χ1) is 6.87. The molecule has 0 heterocycles. The molecule has 0 aliphatic carbocycles. The highest BCUT2D eigenvalue weighted by molar-refractivity contribution is 5.82. The van der Waals surface area contributed by atoms with E-state index < -0.39 is 5.41 Å². The third-order valence-corrected chi connectivity index (χ3v) is 2.46. The van der Waals surface area contributed by atoms with Gasteiger partial charge in [-0.2, -0.15) is 0 Å². The summed E-state index contributed by atoms with van der Waals surface area (Å²) in [4.78, 5) is 11.5. The molecule has 0 amide bonds. The standard InChI is InChI=1S/C12H15FO2/c1-8-5-9(7-10(13)6-8)12(2,3)11(14)15-4/h5-7H,1-4H3. The Labute approximate surface area is 89.1 Å². The molecule has 0 atom stereocenters. The number of carbonyl (C=O) groups excluding carboxylic acids is 1. The molecule has 0 saturated carbocycles. The van der Waals surface area contributed by atoms with E-state index >= 15 is 0 Å². The van der Waals surface area contributed by atoms with Gasteiger partial charge in [0.15, 0.2) is 0 Å². The van der Waals surface area contributed by atoms with Crippen molar-refractivity contribution in [3.63, 3.8) is 0 Å². The zero-order valence-corrected chi connectivity index (χ0v) is 9.43. The van der Waals surface area contributed by atoms with Gasteiger partial charge in [-0.25, -0.2) is 4.39 Å². The molecule has 2 nitrogen and oxygen atoms in total. The highest BCUT2D eigenvalue weighted by Gasteiger charge is 2.31. The Hall–Kier alpha value is -1.38. The summed E-state index contributed by atoms with van der Waals surface area (Å²) in [5, 5.41) is 0. The van der Waals surface area contributed by atoms with Crippen molar-refractivity contribution in [2.24, 2.45) is 0 Å². The first-order valence-corrected chi connectivity index (χ1v) is 4.74. The smallest absolute Gasteiger partial charge is 0.315 e. The summed E-state index contributed by atoms with van der Waals surface area (Å²) in [5.74, 6) is -0.700. The second kappa shape index (κ2) is 4.01. The summed E-state index contributed by atoms with van der Waals surface area (Å²) < 4.78 is 17.9. The number of ether oxygens (including phenoxy) is 1. The van der Waals surface area contributed by atoms with E-state index in [4.69, 9.17) is 0 Å². The van der Waals surface area contributed by atoms with Gasteiger partial charge in [0.05, 0.1) is 12.5 Å². The topological polar surface area (TPSA) is 26.3 Å². The van der Waals surface area contributed by atoms with Crippen molar-refractivity contribution in [2.45, 2.75) is 26.2 Å². The van der Waals surface area contributed by atoms with E-state index in [-0.39, 0.29) is 11.8 Å². The molecule has 0 fully saturated rings. The number of benzene rings is 1. The average molecular weight is 210 g/mol. The molecule has 0 spiro atoms. The molecule has 82 valence electrons. The predicted octanol–water partition coefficient (Wildman–Crippen LogP) is 2.58. The van der Waals surface area contributed by atoms with Gasteiger partial charge >= 0.3 is 5.97 Å². The summed E-state index contributed by atoms with van der Waals surface area (Å²) >= 11 is 0. The molecule has 0 aliphatic rings. The fourth-order valence-corrected chi connectivity index (χ4v) is 1.47. The maximum absolute atomic E-state index is 13.2. The second-order valence-corrected chi connectivity index (χ2v) is 4.13. The number of methoxy groups -OCH3 is 1. The van der Waals surface area contributed by atoms with Gasteiger partial charge in [-0.3, -0.25) is 4.79 Å². The maximum Gasteiger partial charge on any atom is 0.315 e. The molecule has 3 heteroatoms. The van der Waals surface area contributed by atoms with Crippen molar-refractivity contribution < 1.29 is 13.9 Å². The average Bonchev–Trinajstić information content (AvgIpc) is 2.15. The Morgan fingerprint density at radius 1 is 1.33 bits per heavy atom. The number of aryl methyl sites for hydroxylation is 1. The van der Waals surface area contributed by atoms with Gasteiger partial charge in [-0.15, -0.1) is 0 Å². The van der Waals surface area contributed by atoms with E-state index in [2.05, 4.69) is 4.74 Å². The highest BCUT2D eigenvalue weighted by Crippen LogP contribution is 2.26. The van der Waals surface area contributed by atoms with Crippen LogP contribution in [-0.4, -0.2) is 13.1 Å². The van der Waals surface area contributed by atoms with Crippen LogP contribution in [0.2, 0.25) is 0 Å². The van der Waals surface area contributed by atoms with Gasteiger partial charge < -0.3 is 4.74 Å². The minimum Gasteiger partial charge on any atom is -0.468 e. The normalized spacial score (nSPS) is 11.3. The number of rotatable bonds is 2. The molecule has 15 heavy (non-hydrogen) atoms. The van der Waals surface area contributed by atoms with Crippen molar-refractivity contribution in [2.75, 3.05) is 7.11 Å². The number of hydrogen-bond acceptors (Lipinski definition) is 2. The summed E-state index contributed by atoms with van der Waals surface area (Å²) in [6.45, 7) is 5.22. The van der Waals surface area contributed by atoms with Crippen LogP contribution in [0.5, 0.6) is 0 Å². The van der Waals surface area contributed by atoms with E-state index in [1.807, 2.05) is 0 Å². The Morgan fingerprint density at radius 2 is 1.93 bits per heavy atom. The molecule has 1 aromatic rings. The van der Waals surface area contributed by atoms with Crippen LogP contribution >= 0.6 is 0 Å². The Kier molecular flexibility index (Phi) is 3.12. The van der Waals surface area contributed by atoms with Crippen molar-refractivity contribution in [3.05, 3.63) is 35.1 Å². The summed E-state index contributed by atoms with van der Waals surface area (Å²) in [7, 11) is 1.33. The van der Waals surface area contributed by atoms with Gasteiger partial charge in [0.25, 0.3) is 0 Å². The minimum atomic E-state index is -0.818. The molecule has 0 N–H and O–H groups in total. The van der Waals surface area contributed by atoms with Crippen LogP contribution < -0.4 is 0 Å². The van der Waals surface area contributed by atoms with Crippen molar-refractivity contribution in [3.8, 4) is 0 Å². The molecule has 0 saturated heterocycles. The van der Waals surface area contributed by atoms with E-state index in [1.165, 1.54) is 19.2 Å². The van der Waals surface area contributed by atoms with Crippen molar-refractivity contribution in [1.82, 2.24) is 0 Å². The van der Waals surface area contributed by atoms with E-state index in [1.54, 1.807) is 26.8 Å². The summed E-state index contributed by atoms with van der Waals surface area (Å²) in [5.41, 5.74) is 0.607. The first-order valence-electron chi connectivity index (χ1n) is 4.74. The highest BCUT2D eigenvalue weighted by atomic mass is 19.1. The number of hydrogen-bond donors (Lipinski definition) is 0. The van der Waals surface area contributed by atoms with Crippen LogP contribution in [0.25, 0.3) is 0 Å². The second-order valence-electron chi connectivity index (χ2n) is 4.13. The van der Waals surface area contributed by atoms with Crippen molar-refractivity contribution >= 4 is 5.97 Å². The van der Waals surface area contributed by atoms with Crippen LogP contribution in [0.4, 0.5) is 4.39 Å². The monoisotopic (exact) mass is 210 g/mol. The third kappa shape index (κ3) is 2.35. The number of esters is 1. The van der Waals surface area contributed by atoms with Gasteiger partial charge in [0.1, 0.15) is 5.82 Å². The fourth-order valence-electron chi connectivity index (χ4n) is 1.47. The minimum absolute atomic E-state index is 0.332. The summed E-state index contributed by atoms with van der Waals surface area (Å²) in [6.07, 6.45) is 0. The Morgan fingerprint density at radius 3 is 2.40 bits per heavy atom.